The number of nitrogens with zero attached hydrogens (tertiary/aromatic N) is 1. The largest absolute Gasteiger partial charge is 0.312 e. The smallest absolute Gasteiger partial charge is 0.0226 e. The summed E-state index contributed by atoms with van der Waals surface area (Å²) in [6.07, 6.45) is 8.75. The van der Waals surface area contributed by atoms with Crippen LogP contribution in [0.5, 0.6) is 0 Å². The third-order valence-corrected chi connectivity index (χ3v) is 5.62. The number of nitrogens with one attached hydrogen (secondary N) is 1. The van der Waals surface area contributed by atoms with E-state index in [1.165, 1.54) is 64.7 Å². The van der Waals surface area contributed by atoms with E-state index in [2.05, 4.69) is 17.1 Å². The van der Waals surface area contributed by atoms with Crippen LogP contribution in [-0.2, 0) is 0 Å². The summed E-state index contributed by atoms with van der Waals surface area (Å²) >= 11 is 0. The highest BCUT2D eigenvalue weighted by Crippen LogP contribution is 2.38. The van der Waals surface area contributed by atoms with Crippen molar-refractivity contribution < 1.29 is 0 Å². The standard InChI is InChI=1S/C15H28N2/c1-2-12-6-8-17(9-7-12)11-15-14-5-3-4-13(14)10-16-15/h12-16H,2-11H2,1H3. The van der Waals surface area contributed by atoms with Crippen LogP contribution >= 0.6 is 0 Å². The molecule has 2 saturated heterocycles. The molecule has 98 valence electrons. The number of hydrogen-bond acceptors (Lipinski definition) is 2. The third-order valence-electron chi connectivity index (χ3n) is 5.62. The van der Waals surface area contributed by atoms with E-state index in [0.29, 0.717) is 0 Å². The zero-order valence-electron chi connectivity index (χ0n) is 11.3. The van der Waals surface area contributed by atoms with Gasteiger partial charge in [0.25, 0.3) is 0 Å². The predicted octanol–water partition coefficient (Wildman–Crippen LogP) is 2.50. The molecule has 1 N–H and O–H groups in total. The first kappa shape index (κ1) is 12.0. The minimum absolute atomic E-state index is 0.820. The molecule has 2 aliphatic heterocycles. The van der Waals surface area contributed by atoms with Crippen molar-refractivity contribution in [3.05, 3.63) is 0 Å². The summed E-state index contributed by atoms with van der Waals surface area (Å²) in [5, 5.41) is 3.79. The zero-order chi connectivity index (χ0) is 11.7. The lowest BCUT2D eigenvalue weighted by Gasteiger charge is -2.34. The van der Waals surface area contributed by atoms with E-state index in [9.17, 15) is 0 Å². The lowest BCUT2D eigenvalue weighted by atomic mass is 9.91. The summed E-state index contributed by atoms with van der Waals surface area (Å²) in [5.74, 6) is 3.05. The summed E-state index contributed by atoms with van der Waals surface area (Å²) in [6, 6.07) is 0.820. The first-order valence-corrected chi connectivity index (χ1v) is 7.82. The molecule has 1 saturated carbocycles. The van der Waals surface area contributed by atoms with Gasteiger partial charge < -0.3 is 10.2 Å². The Labute approximate surface area is 106 Å². The summed E-state index contributed by atoms with van der Waals surface area (Å²) < 4.78 is 0. The average Bonchev–Trinajstić information content (AvgIpc) is 2.95. The van der Waals surface area contributed by atoms with Gasteiger partial charge in [-0.05, 0) is 63.1 Å². The SMILES string of the molecule is CCC1CCN(CC2NCC3CCCC32)CC1. The van der Waals surface area contributed by atoms with E-state index >= 15 is 0 Å². The molecule has 3 atom stereocenters. The predicted molar refractivity (Wildman–Crippen MR) is 72.1 cm³/mol. The van der Waals surface area contributed by atoms with Gasteiger partial charge in [0.1, 0.15) is 0 Å². The highest BCUT2D eigenvalue weighted by molar-refractivity contribution is 4.95. The molecule has 17 heavy (non-hydrogen) atoms. The Morgan fingerprint density at radius 1 is 1.12 bits per heavy atom. The second-order valence-corrected chi connectivity index (χ2v) is 6.52. The van der Waals surface area contributed by atoms with Crippen molar-refractivity contribution >= 4 is 0 Å². The second kappa shape index (κ2) is 5.27. The first-order valence-electron chi connectivity index (χ1n) is 7.82. The molecule has 3 rings (SSSR count). The van der Waals surface area contributed by atoms with Crippen molar-refractivity contribution in [1.29, 1.82) is 0 Å². The number of hydrogen-bond donors (Lipinski definition) is 1. The van der Waals surface area contributed by atoms with Gasteiger partial charge in [-0.3, -0.25) is 0 Å². The fraction of sp³-hybridized carbons (Fsp3) is 1.00. The molecule has 3 fully saturated rings. The van der Waals surface area contributed by atoms with Crippen LogP contribution in [0.15, 0.2) is 0 Å². The molecule has 1 aliphatic carbocycles. The fourth-order valence-corrected chi connectivity index (χ4v) is 4.36. The van der Waals surface area contributed by atoms with Crippen LogP contribution in [0.2, 0.25) is 0 Å². The molecule has 0 aromatic heterocycles. The molecular weight excluding hydrogens is 208 g/mol. The lowest BCUT2D eigenvalue weighted by molar-refractivity contribution is 0.159. The number of piperidine rings is 1. The molecule has 3 unspecified atom stereocenters. The van der Waals surface area contributed by atoms with Gasteiger partial charge in [-0.25, -0.2) is 0 Å². The molecule has 2 heterocycles. The van der Waals surface area contributed by atoms with Crippen molar-refractivity contribution in [2.45, 2.75) is 51.5 Å². The van der Waals surface area contributed by atoms with Crippen LogP contribution in [0, 0.1) is 17.8 Å². The van der Waals surface area contributed by atoms with Gasteiger partial charge in [0.15, 0.2) is 0 Å². The van der Waals surface area contributed by atoms with Gasteiger partial charge in [0, 0.05) is 12.6 Å². The van der Waals surface area contributed by atoms with Crippen LogP contribution in [0.1, 0.15) is 45.4 Å². The summed E-state index contributed by atoms with van der Waals surface area (Å²) in [7, 11) is 0. The maximum Gasteiger partial charge on any atom is 0.0226 e. The minimum atomic E-state index is 0.820. The highest BCUT2D eigenvalue weighted by Gasteiger charge is 2.39. The second-order valence-electron chi connectivity index (χ2n) is 6.52. The van der Waals surface area contributed by atoms with Crippen molar-refractivity contribution in [3.63, 3.8) is 0 Å². The van der Waals surface area contributed by atoms with Gasteiger partial charge >= 0.3 is 0 Å². The van der Waals surface area contributed by atoms with Gasteiger partial charge in [0.05, 0.1) is 0 Å². The van der Waals surface area contributed by atoms with Crippen LogP contribution in [0.4, 0.5) is 0 Å². The maximum absolute atomic E-state index is 3.79. The quantitative estimate of drug-likeness (QED) is 0.810. The molecule has 2 heteroatoms. The Morgan fingerprint density at radius 2 is 1.94 bits per heavy atom. The van der Waals surface area contributed by atoms with Crippen LogP contribution in [0.3, 0.4) is 0 Å². The van der Waals surface area contributed by atoms with Gasteiger partial charge in [-0.15, -0.1) is 0 Å². The molecule has 0 bridgehead atoms. The maximum atomic E-state index is 3.79. The van der Waals surface area contributed by atoms with E-state index in [1.54, 1.807) is 0 Å². The average molecular weight is 236 g/mol. The Hall–Kier alpha value is -0.0800. The van der Waals surface area contributed by atoms with Gasteiger partial charge in [0.2, 0.25) is 0 Å². The summed E-state index contributed by atoms with van der Waals surface area (Å²) in [5.41, 5.74) is 0. The van der Waals surface area contributed by atoms with Crippen LogP contribution in [0.25, 0.3) is 0 Å². The third kappa shape index (κ3) is 2.53. The van der Waals surface area contributed by atoms with E-state index in [0.717, 1.165) is 23.8 Å². The number of rotatable bonds is 3. The molecule has 0 amide bonds. The molecule has 0 aromatic carbocycles. The number of likely N-dealkylation sites (tertiary alicyclic amines) is 1. The monoisotopic (exact) mass is 236 g/mol. The Balaban J connectivity index is 1.48. The highest BCUT2D eigenvalue weighted by atomic mass is 15.2. The normalized spacial score (nSPS) is 39.7. The number of fused-ring (bicyclic) bond motifs is 1. The lowest BCUT2D eigenvalue weighted by Crippen LogP contribution is -2.44. The van der Waals surface area contributed by atoms with Gasteiger partial charge in [-0.2, -0.15) is 0 Å². The topological polar surface area (TPSA) is 15.3 Å². The van der Waals surface area contributed by atoms with Gasteiger partial charge in [-0.1, -0.05) is 19.8 Å². The van der Waals surface area contributed by atoms with Crippen molar-refractivity contribution in [3.8, 4) is 0 Å². The van der Waals surface area contributed by atoms with E-state index in [4.69, 9.17) is 0 Å². The molecule has 0 radical (unpaired) electrons. The Kier molecular flexibility index (Phi) is 3.72. The Morgan fingerprint density at radius 3 is 2.71 bits per heavy atom. The molecular formula is C15H28N2. The molecule has 0 aromatic rings. The van der Waals surface area contributed by atoms with Crippen molar-refractivity contribution in [2.24, 2.45) is 17.8 Å². The van der Waals surface area contributed by atoms with E-state index in [-0.39, 0.29) is 0 Å². The first-order chi connectivity index (χ1) is 8.36. The van der Waals surface area contributed by atoms with E-state index in [1.807, 2.05) is 0 Å². The molecule has 0 spiro atoms. The Bertz CT molecular complexity index is 245. The molecule has 3 aliphatic rings. The van der Waals surface area contributed by atoms with Crippen LogP contribution in [-0.4, -0.2) is 37.1 Å². The minimum Gasteiger partial charge on any atom is -0.312 e. The molecule has 2 nitrogen and oxygen atoms in total. The fourth-order valence-electron chi connectivity index (χ4n) is 4.36. The van der Waals surface area contributed by atoms with Crippen LogP contribution < -0.4 is 5.32 Å². The zero-order valence-corrected chi connectivity index (χ0v) is 11.3. The van der Waals surface area contributed by atoms with Crippen molar-refractivity contribution in [1.82, 2.24) is 10.2 Å². The summed E-state index contributed by atoms with van der Waals surface area (Å²) in [4.78, 5) is 2.73. The van der Waals surface area contributed by atoms with Crippen molar-refractivity contribution in [2.75, 3.05) is 26.2 Å². The summed E-state index contributed by atoms with van der Waals surface area (Å²) in [6.45, 7) is 7.70. The van der Waals surface area contributed by atoms with E-state index < -0.39 is 0 Å².